The number of allylic oxidation sites excluding steroid dienone is 8. The molecule has 4 heteroatoms. The van der Waals surface area contributed by atoms with Crippen molar-refractivity contribution in [3.05, 3.63) is 45.6 Å². The maximum Gasteiger partial charge on any atom is 0.159 e. The number of carbonyl (C=O) groups excluding carboxylic acids is 4. The van der Waals surface area contributed by atoms with E-state index in [1.807, 2.05) is 0 Å². The van der Waals surface area contributed by atoms with E-state index in [1.165, 1.54) is 11.1 Å². The molecule has 2 saturated carbocycles. The molecule has 0 unspecified atom stereocenters. The van der Waals surface area contributed by atoms with Gasteiger partial charge < -0.3 is 0 Å². The maximum absolute atomic E-state index is 12.5. The van der Waals surface area contributed by atoms with Crippen molar-refractivity contribution in [1.82, 2.24) is 0 Å². The summed E-state index contributed by atoms with van der Waals surface area (Å²) in [6.07, 6.45) is 14.6. The molecule has 0 bridgehead atoms. The molecule has 0 heterocycles. The second-order valence-electron chi connectivity index (χ2n) is 15.8. The summed E-state index contributed by atoms with van der Waals surface area (Å²) in [7, 11) is 0. The molecular weight excluding hydrogens is 544 g/mol. The van der Waals surface area contributed by atoms with Crippen LogP contribution < -0.4 is 0 Å². The lowest BCUT2D eigenvalue weighted by Crippen LogP contribution is -2.23. The quantitative estimate of drug-likeness (QED) is 0.204. The third-order valence-corrected chi connectivity index (χ3v) is 11.4. The van der Waals surface area contributed by atoms with Crippen LogP contribution in [0.25, 0.3) is 0 Å². The fourth-order valence-corrected chi connectivity index (χ4v) is 8.23. The van der Waals surface area contributed by atoms with Crippen molar-refractivity contribution in [3.63, 3.8) is 0 Å². The van der Waals surface area contributed by atoms with Gasteiger partial charge in [-0.2, -0.15) is 0 Å². The fraction of sp³-hybridized carbons (Fsp3) is 0.700. The standard InChI is InChI=1S/2C20H30O2/c2*1-13(2)19-16-8-7-15(4)17(21)9-6-14(3)10-11-20(16,5)12-18(19)22/h2*10,15-16H,6-9,11-12H2,1-5H3/b2*14-10+/t2*15-,16-,20-/m00/s1. The normalized spacial score (nSPS) is 36.4. The van der Waals surface area contributed by atoms with Gasteiger partial charge in [0.2, 0.25) is 0 Å². The van der Waals surface area contributed by atoms with Crippen LogP contribution in [0.4, 0.5) is 0 Å². The molecule has 0 N–H and O–H groups in total. The highest BCUT2D eigenvalue weighted by molar-refractivity contribution is 6.00. The summed E-state index contributed by atoms with van der Waals surface area (Å²) in [6, 6.07) is 0. The van der Waals surface area contributed by atoms with Crippen molar-refractivity contribution in [2.24, 2.45) is 34.5 Å². The fourth-order valence-electron chi connectivity index (χ4n) is 8.23. The van der Waals surface area contributed by atoms with E-state index in [9.17, 15) is 19.2 Å². The molecular formula is C40H60O4. The molecule has 0 aromatic rings. The van der Waals surface area contributed by atoms with Gasteiger partial charge in [-0.05, 0) is 127 Å². The largest absolute Gasteiger partial charge is 0.299 e. The van der Waals surface area contributed by atoms with Crippen molar-refractivity contribution in [1.29, 1.82) is 0 Å². The van der Waals surface area contributed by atoms with E-state index >= 15 is 0 Å². The molecule has 0 amide bonds. The van der Waals surface area contributed by atoms with Gasteiger partial charge in [0.15, 0.2) is 11.6 Å². The van der Waals surface area contributed by atoms with E-state index in [0.29, 0.717) is 60.7 Å². The Balaban J connectivity index is 0.000000240. The number of rotatable bonds is 0. The number of hydrogen-bond acceptors (Lipinski definition) is 4. The van der Waals surface area contributed by atoms with Crippen LogP contribution in [0.15, 0.2) is 45.6 Å². The molecule has 0 spiro atoms. The van der Waals surface area contributed by atoms with Crippen LogP contribution in [0.5, 0.6) is 0 Å². The van der Waals surface area contributed by atoms with Gasteiger partial charge in [0.25, 0.3) is 0 Å². The number of Topliss-reactive ketones (excluding diaryl/α,β-unsaturated/α-hetero) is 4. The second-order valence-corrected chi connectivity index (χ2v) is 15.8. The van der Waals surface area contributed by atoms with E-state index in [0.717, 1.165) is 73.7 Å². The van der Waals surface area contributed by atoms with E-state index < -0.39 is 0 Å². The first kappa shape index (κ1) is 36.1. The molecule has 6 atom stereocenters. The molecule has 0 aliphatic heterocycles. The Hall–Kier alpha value is -2.36. The minimum Gasteiger partial charge on any atom is -0.299 e. The van der Waals surface area contributed by atoms with Crippen molar-refractivity contribution >= 4 is 23.1 Å². The Morgan fingerprint density at radius 1 is 0.591 bits per heavy atom. The lowest BCUT2D eigenvalue weighted by Gasteiger charge is -2.31. The van der Waals surface area contributed by atoms with E-state index in [-0.39, 0.29) is 22.7 Å². The van der Waals surface area contributed by atoms with Crippen molar-refractivity contribution in [2.45, 2.75) is 146 Å². The highest BCUT2D eigenvalue weighted by Crippen LogP contribution is 2.52. The van der Waals surface area contributed by atoms with E-state index in [2.05, 4.69) is 81.4 Å². The Labute approximate surface area is 268 Å². The molecule has 0 radical (unpaired) electrons. The lowest BCUT2D eigenvalue weighted by atomic mass is 9.72. The van der Waals surface area contributed by atoms with Crippen LogP contribution in [0.3, 0.4) is 0 Å². The van der Waals surface area contributed by atoms with Crippen LogP contribution >= 0.6 is 0 Å². The number of fused-ring (bicyclic) bond motifs is 2. The van der Waals surface area contributed by atoms with Gasteiger partial charge in [-0.3, -0.25) is 19.2 Å². The van der Waals surface area contributed by atoms with Crippen LogP contribution in [-0.4, -0.2) is 23.1 Å². The molecule has 2 fully saturated rings. The van der Waals surface area contributed by atoms with Gasteiger partial charge in [-0.15, -0.1) is 0 Å². The summed E-state index contributed by atoms with van der Waals surface area (Å²) < 4.78 is 0. The monoisotopic (exact) mass is 604 g/mol. The molecule has 0 saturated heterocycles. The first-order valence-corrected chi connectivity index (χ1v) is 17.3. The van der Waals surface area contributed by atoms with Crippen LogP contribution in [0.2, 0.25) is 0 Å². The number of ketones is 4. The molecule has 4 aliphatic carbocycles. The van der Waals surface area contributed by atoms with Crippen molar-refractivity contribution in [3.8, 4) is 0 Å². The Kier molecular flexibility index (Phi) is 12.2. The van der Waals surface area contributed by atoms with Gasteiger partial charge in [-0.25, -0.2) is 0 Å². The summed E-state index contributed by atoms with van der Waals surface area (Å²) in [5, 5.41) is 0. The van der Waals surface area contributed by atoms with Crippen molar-refractivity contribution in [2.75, 3.05) is 0 Å². The first-order chi connectivity index (χ1) is 20.5. The van der Waals surface area contributed by atoms with Gasteiger partial charge in [0.05, 0.1) is 0 Å². The zero-order chi connectivity index (χ0) is 33.0. The minimum atomic E-state index is 0.0258. The minimum absolute atomic E-state index is 0.0258. The van der Waals surface area contributed by atoms with E-state index in [4.69, 9.17) is 0 Å². The van der Waals surface area contributed by atoms with Crippen LogP contribution in [-0.2, 0) is 19.2 Å². The summed E-state index contributed by atoms with van der Waals surface area (Å²) in [4.78, 5) is 49.5. The van der Waals surface area contributed by atoms with Gasteiger partial charge in [-0.1, -0.05) is 62.1 Å². The number of hydrogen-bond donors (Lipinski definition) is 0. The van der Waals surface area contributed by atoms with Gasteiger partial charge in [0.1, 0.15) is 11.6 Å². The third kappa shape index (κ3) is 8.46. The molecule has 0 aromatic heterocycles. The average molecular weight is 605 g/mol. The molecule has 4 rings (SSSR count). The summed E-state index contributed by atoms with van der Waals surface area (Å²) >= 11 is 0. The second kappa shape index (κ2) is 14.8. The predicted octanol–water partition coefficient (Wildman–Crippen LogP) is 10.1. The molecule has 0 aromatic carbocycles. The zero-order valence-electron chi connectivity index (χ0n) is 29.6. The van der Waals surface area contributed by atoms with Gasteiger partial charge >= 0.3 is 0 Å². The SMILES string of the molecule is CC(C)=C1C(=O)C[C@]2(C)C/C=C(\C)CCC(=O)[C@@H](C)CC[C@@H]12.CC(C)=C1C(=O)C[C@]2(C)C/C=C(\C)CCC(=O)[C@@H](C)CC[C@@H]12. The highest BCUT2D eigenvalue weighted by Gasteiger charge is 2.47. The summed E-state index contributed by atoms with van der Waals surface area (Å²) in [6.45, 7) is 21.1. The molecule has 44 heavy (non-hydrogen) atoms. The highest BCUT2D eigenvalue weighted by atomic mass is 16.1. The van der Waals surface area contributed by atoms with Crippen LogP contribution in [0, 0.1) is 34.5 Å². The maximum atomic E-state index is 12.5. The Morgan fingerprint density at radius 3 is 1.25 bits per heavy atom. The van der Waals surface area contributed by atoms with Crippen molar-refractivity contribution < 1.29 is 19.2 Å². The zero-order valence-corrected chi connectivity index (χ0v) is 29.6. The Morgan fingerprint density at radius 2 is 0.932 bits per heavy atom. The molecule has 244 valence electrons. The first-order valence-electron chi connectivity index (χ1n) is 17.3. The summed E-state index contributed by atoms with van der Waals surface area (Å²) in [5.74, 6) is 2.25. The summed E-state index contributed by atoms with van der Waals surface area (Å²) in [5.41, 5.74) is 7.05. The number of carbonyl (C=O) groups is 4. The Bertz CT molecular complexity index is 1170. The smallest absolute Gasteiger partial charge is 0.159 e. The molecule has 4 aliphatic rings. The topological polar surface area (TPSA) is 68.3 Å². The van der Waals surface area contributed by atoms with Crippen LogP contribution in [0.1, 0.15) is 146 Å². The predicted molar refractivity (Wildman–Crippen MR) is 181 cm³/mol. The molecule has 4 nitrogen and oxygen atoms in total. The van der Waals surface area contributed by atoms with E-state index in [1.54, 1.807) is 0 Å². The van der Waals surface area contributed by atoms with Gasteiger partial charge in [0, 0.05) is 37.5 Å². The lowest BCUT2D eigenvalue weighted by molar-refractivity contribution is -0.123. The average Bonchev–Trinajstić information content (AvgIpc) is 3.35. The third-order valence-electron chi connectivity index (χ3n) is 11.4.